The number of carbonyl (C=O) groups excluding carboxylic acids is 1. The summed E-state index contributed by atoms with van der Waals surface area (Å²) >= 11 is 0. The fourth-order valence-corrected chi connectivity index (χ4v) is 2.10. The predicted molar refractivity (Wildman–Crippen MR) is 80.8 cm³/mol. The Balaban J connectivity index is 1.90. The first kappa shape index (κ1) is 13.9. The lowest BCUT2D eigenvalue weighted by Crippen LogP contribution is -2.13. The third kappa shape index (κ3) is 2.85. The fraction of sp³-hybridized carbons (Fsp3) is 0.0625. The average Bonchev–Trinajstić information content (AvgIpc) is 2.89. The van der Waals surface area contributed by atoms with Crippen LogP contribution >= 0.6 is 0 Å². The second-order valence-electron chi connectivity index (χ2n) is 4.76. The molecule has 0 spiro atoms. The van der Waals surface area contributed by atoms with Gasteiger partial charge in [0, 0.05) is 36.8 Å². The molecular formula is C16H13FN4O. The molecule has 0 saturated heterocycles. The first-order valence-corrected chi connectivity index (χ1v) is 6.64. The molecule has 0 atom stereocenters. The van der Waals surface area contributed by atoms with E-state index in [1.165, 1.54) is 24.3 Å². The SMILES string of the molecule is Cn1cc(-c2ccncc2)c(NC(=O)c2ccc(F)cc2)n1. The number of carbonyl (C=O) groups is 1. The van der Waals surface area contributed by atoms with E-state index < -0.39 is 0 Å². The summed E-state index contributed by atoms with van der Waals surface area (Å²) in [7, 11) is 1.78. The third-order valence-corrected chi connectivity index (χ3v) is 3.16. The van der Waals surface area contributed by atoms with Crippen molar-refractivity contribution in [2.75, 3.05) is 5.32 Å². The number of halogens is 1. The molecule has 22 heavy (non-hydrogen) atoms. The van der Waals surface area contributed by atoms with Crippen molar-refractivity contribution >= 4 is 11.7 Å². The normalized spacial score (nSPS) is 10.5. The molecule has 1 N–H and O–H groups in total. The maximum atomic E-state index is 12.9. The average molecular weight is 296 g/mol. The van der Waals surface area contributed by atoms with Crippen LogP contribution < -0.4 is 5.32 Å². The number of aromatic nitrogens is 3. The van der Waals surface area contributed by atoms with Gasteiger partial charge in [-0.15, -0.1) is 0 Å². The van der Waals surface area contributed by atoms with Gasteiger partial charge in [-0.3, -0.25) is 14.5 Å². The van der Waals surface area contributed by atoms with Gasteiger partial charge in [-0.25, -0.2) is 4.39 Å². The molecule has 0 bridgehead atoms. The van der Waals surface area contributed by atoms with Crippen LogP contribution in [0.3, 0.4) is 0 Å². The van der Waals surface area contributed by atoms with Gasteiger partial charge < -0.3 is 5.32 Å². The standard InChI is InChI=1S/C16H13FN4O/c1-21-10-14(11-6-8-18-9-7-11)15(20-21)19-16(22)12-2-4-13(17)5-3-12/h2-10H,1H3,(H,19,20,22). The van der Waals surface area contributed by atoms with Crippen LogP contribution in [0.5, 0.6) is 0 Å². The highest BCUT2D eigenvalue weighted by atomic mass is 19.1. The van der Waals surface area contributed by atoms with Gasteiger partial charge in [0.2, 0.25) is 0 Å². The molecule has 1 amide bonds. The summed E-state index contributed by atoms with van der Waals surface area (Å²) in [6, 6.07) is 9.03. The molecule has 5 nitrogen and oxygen atoms in total. The van der Waals surface area contributed by atoms with Crippen molar-refractivity contribution in [2.24, 2.45) is 7.05 Å². The van der Waals surface area contributed by atoms with Crippen molar-refractivity contribution in [3.05, 3.63) is 66.4 Å². The Morgan fingerprint density at radius 1 is 1.14 bits per heavy atom. The zero-order chi connectivity index (χ0) is 15.5. The Labute approximate surface area is 126 Å². The van der Waals surface area contributed by atoms with Crippen LogP contribution in [0.1, 0.15) is 10.4 Å². The number of pyridine rings is 1. The summed E-state index contributed by atoms with van der Waals surface area (Å²) in [6.07, 6.45) is 5.16. The Kier molecular flexibility index (Phi) is 3.65. The molecule has 0 aliphatic rings. The molecule has 0 aliphatic carbocycles. The molecular weight excluding hydrogens is 283 g/mol. The molecule has 6 heteroatoms. The monoisotopic (exact) mass is 296 g/mol. The van der Waals surface area contributed by atoms with Crippen molar-refractivity contribution in [1.82, 2.24) is 14.8 Å². The van der Waals surface area contributed by atoms with Crippen LogP contribution in [0.4, 0.5) is 10.2 Å². The maximum Gasteiger partial charge on any atom is 0.256 e. The van der Waals surface area contributed by atoms with Crippen molar-refractivity contribution in [1.29, 1.82) is 0 Å². The van der Waals surface area contributed by atoms with Crippen LogP contribution in [-0.4, -0.2) is 20.7 Å². The number of nitrogens with one attached hydrogen (secondary N) is 1. The summed E-state index contributed by atoms with van der Waals surface area (Å²) in [5, 5.41) is 7.01. The zero-order valence-electron chi connectivity index (χ0n) is 11.8. The van der Waals surface area contributed by atoms with E-state index >= 15 is 0 Å². The van der Waals surface area contributed by atoms with Crippen molar-refractivity contribution in [3.63, 3.8) is 0 Å². The molecule has 2 heterocycles. The van der Waals surface area contributed by atoms with Gasteiger partial charge in [-0.1, -0.05) is 0 Å². The lowest BCUT2D eigenvalue weighted by molar-refractivity contribution is 0.102. The molecule has 0 fully saturated rings. The quantitative estimate of drug-likeness (QED) is 0.808. The van der Waals surface area contributed by atoms with Gasteiger partial charge in [0.1, 0.15) is 5.82 Å². The Hall–Kier alpha value is -3.02. The molecule has 1 aromatic carbocycles. The summed E-state index contributed by atoms with van der Waals surface area (Å²) in [6.45, 7) is 0. The van der Waals surface area contributed by atoms with Gasteiger partial charge in [0.15, 0.2) is 5.82 Å². The van der Waals surface area contributed by atoms with E-state index in [2.05, 4.69) is 15.4 Å². The highest BCUT2D eigenvalue weighted by Gasteiger charge is 2.14. The number of hydrogen-bond acceptors (Lipinski definition) is 3. The third-order valence-electron chi connectivity index (χ3n) is 3.16. The van der Waals surface area contributed by atoms with Gasteiger partial charge in [0.25, 0.3) is 5.91 Å². The number of anilines is 1. The predicted octanol–water partition coefficient (Wildman–Crippen LogP) is 2.87. The minimum absolute atomic E-state index is 0.339. The van der Waals surface area contributed by atoms with E-state index in [0.717, 1.165) is 11.1 Å². The van der Waals surface area contributed by atoms with Crippen LogP contribution in [0.15, 0.2) is 55.0 Å². The number of nitrogens with zero attached hydrogens (tertiary/aromatic N) is 3. The van der Waals surface area contributed by atoms with E-state index in [9.17, 15) is 9.18 Å². The van der Waals surface area contributed by atoms with Gasteiger partial charge in [-0.2, -0.15) is 5.10 Å². The number of amides is 1. The number of benzene rings is 1. The largest absolute Gasteiger partial charge is 0.305 e. The Morgan fingerprint density at radius 3 is 2.50 bits per heavy atom. The highest BCUT2D eigenvalue weighted by Crippen LogP contribution is 2.26. The summed E-state index contributed by atoms with van der Waals surface area (Å²) in [5.41, 5.74) is 2.06. The summed E-state index contributed by atoms with van der Waals surface area (Å²) in [4.78, 5) is 16.2. The van der Waals surface area contributed by atoms with E-state index in [0.29, 0.717) is 11.4 Å². The fourth-order valence-electron chi connectivity index (χ4n) is 2.10. The highest BCUT2D eigenvalue weighted by molar-refractivity contribution is 6.05. The van der Waals surface area contributed by atoms with E-state index in [-0.39, 0.29) is 11.7 Å². The van der Waals surface area contributed by atoms with Gasteiger partial charge >= 0.3 is 0 Å². The second kappa shape index (κ2) is 5.77. The van der Waals surface area contributed by atoms with E-state index in [1.54, 1.807) is 24.1 Å². The minimum atomic E-state index is -0.383. The molecule has 2 aromatic heterocycles. The second-order valence-corrected chi connectivity index (χ2v) is 4.76. The van der Waals surface area contributed by atoms with E-state index in [1.807, 2.05) is 18.3 Å². The lowest BCUT2D eigenvalue weighted by Gasteiger charge is -2.05. The van der Waals surface area contributed by atoms with Crippen LogP contribution in [-0.2, 0) is 7.05 Å². The molecule has 3 rings (SSSR count). The zero-order valence-corrected chi connectivity index (χ0v) is 11.8. The summed E-state index contributed by atoms with van der Waals surface area (Å²) < 4.78 is 14.5. The Bertz CT molecular complexity index is 797. The Morgan fingerprint density at radius 2 is 1.82 bits per heavy atom. The molecule has 0 radical (unpaired) electrons. The maximum absolute atomic E-state index is 12.9. The molecule has 110 valence electrons. The number of rotatable bonds is 3. The first-order valence-electron chi connectivity index (χ1n) is 6.64. The minimum Gasteiger partial charge on any atom is -0.305 e. The van der Waals surface area contributed by atoms with Gasteiger partial charge in [-0.05, 0) is 42.0 Å². The van der Waals surface area contributed by atoms with Crippen molar-refractivity contribution in [3.8, 4) is 11.1 Å². The number of aryl methyl sites for hydroxylation is 1. The molecule has 0 unspecified atom stereocenters. The van der Waals surface area contributed by atoms with Crippen molar-refractivity contribution < 1.29 is 9.18 Å². The number of hydrogen-bond donors (Lipinski definition) is 1. The molecule has 0 aliphatic heterocycles. The van der Waals surface area contributed by atoms with E-state index in [4.69, 9.17) is 0 Å². The smallest absolute Gasteiger partial charge is 0.256 e. The van der Waals surface area contributed by atoms with Crippen LogP contribution in [0.2, 0.25) is 0 Å². The molecule has 3 aromatic rings. The lowest BCUT2D eigenvalue weighted by atomic mass is 10.1. The molecule has 0 saturated carbocycles. The summed E-state index contributed by atoms with van der Waals surface area (Å²) in [5.74, 6) is -0.274. The van der Waals surface area contributed by atoms with Crippen molar-refractivity contribution in [2.45, 2.75) is 0 Å². The van der Waals surface area contributed by atoms with Crippen LogP contribution in [0, 0.1) is 5.82 Å². The topological polar surface area (TPSA) is 59.8 Å². The first-order chi connectivity index (χ1) is 10.6. The van der Waals surface area contributed by atoms with Crippen LogP contribution in [0.25, 0.3) is 11.1 Å². The van der Waals surface area contributed by atoms with Gasteiger partial charge in [0.05, 0.1) is 0 Å².